The summed E-state index contributed by atoms with van der Waals surface area (Å²) in [6.45, 7) is 3.34. The number of nitrogens with two attached hydrogens (primary N) is 4. The SMILES string of the molecule is Cl.Cl.Cl.Cl.NC[C@@H]1C[C@@H]1CN.NC[C@@H]1C[C@@H]1CN. The smallest absolute Gasteiger partial charge is 0.00456 e. The van der Waals surface area contributed by atoms with Crippen LogP contribution in [0.3, 0.4) is 0 Å². The molecule has 0 aliphatic heterocycles. The first-order valence-electron chi connectivity index (χ1n) is 5.57. The summed E-state index contributed by atoms with van der Waals surface area (Å²) < 4.78 is 0. The molecule has 4 nitrogen and oxygen atoms in total. The van der Waals surface area contributed by atoms with Gasteiger partial charge in [0.2, 0.25) is 0 Å². The fraction of sp³-hybridized carbons (Fsp3) is 1.00. The van der Waals surface area contributed by atoms with Gasteiger partial charge in [-0.3, -0.25) is 0 Å². The summed E-state index contributed by atoms with van der Waals surface area (Å²) in [5, 5.41) is 0. The van der Waals surface area contributed by atoms with Crippen molar-refractivity contribution >= 4 is 49.6 Å². The molecule has 2 aliphatic rings. The molecule has 0 radical (unpaired) electrons. The van der Waals surface area contributed by atoms with Gasteiger partial charge in [-0.25, -0.2) is 0 Å². The van der Waals surface area contributed by atoms with Gasteiger partial charge >= 0.3 is 0 Å². The van der Waals surface area contributed by atoms with Gasteiger partial charge < -0.3 is 22.9 Å². The molecular weight excluding hydrogens is 318 g/mol. The van der Waals surface area contributed by atoms with E-state index in [9.17, 15) is 0 Å². The molecule has 2 aliphatic carbocycles. The van der Waals surface area contributed by atoms with Crippen LogP contribution in [0.5, 0.6) is 0 Å². The first kappa shape index (κ1) is 27.4. The fourth-order valence-corrected chi connectivity index (χ4v) is 1.78. The minimum atomic E-state index is 0. The van der Waals surface area contributed by atoms with Crippen LogP contribution in [0.2, 0.25) is 0 Å². The molecule has 2 rings (SSSR count). The normalized spacial score (nSPS) is 30.0. The van der Waals surface area contributed by atoms with E-state index >= 15 is 0 Å². The summed E-state index contributed by atoms with van der Waals surface area (Å²) >= 11 is 0. The first-order valence-corrected chi connectivity index (χ1v) is 5.57. The van der Waals surface area contributed by atoms with E-state index in [1.165, 1.54) is 12.8 Å². The Morgan fingerprint density at radius 2 is 0.667 bits per heavy atom. The maximum atomic E-state index is 5.34. The molecule has 0 unspecified atom stereocenters. The quantitative estimate of drug-likeness (QED) is 0.603. The maximum Gasteiger partial charge on any atom is -0.00456 e. The maximum absolute atomic E-state index is 5.34. The predicted molar refractivity (Wildman–Crippen MR) is 88.4 cm³/mol. The molecule has 8 N–H and O–H groups in total. The highest BCUT2D eigenvalue weighted by Crippen LogP contribution is 2.36. The van der Waals surface area contributed by atoms with E-state index in [0.29, 0.717) is 0 Å². The van der Waals surface area contributed by atoms with E-state index in [4.69, 9.17) is 22.9 Å². The van der Waals surface area contributed by atoms with Gasteiger partial charge in [0.1, 0.15) is 0 Å². The largest absolute Gasteiger partial charge is 0.330 e. The average Bonchev–Trinajstić information content (AvgIpc) is 3.12. The van der Waals surface area contributed by atoms with Crippen LogP contribution in [0.25, 0.3) is 0 Å². The summed E-state index contributed by atoms with van der Waals surface area (Å²) in [5.74, 6) is 3.07. The van der Waals surface area contributed by atoms with E-state index in [1.807, 2.05) is 0 Å². The predicted octanol–water partition coefficient (Wildman–Crippen LogP) is 0.767. The highest BCUT2D eigenvalue weighted by molar-refractivity contribution is 5.86. The second-order valence-electron chi connectivity index (χ2n) is 4.45. The van der Waals surface area contributed by atoms with Crippen molar-refractivity contribution in [3.8, 4) is 0 Å². The zero-order chi connectivity index (χ0) is 10.6. The molecule has 18 heavy (non-hydrogen) atoms. The molecule has 0 aromatic carbocycles. The number of halogens is 4. The molecule has 0 bridgehead atoms. The molecule has 8 heteroatoms. The minimum Gasteiger partial charge on any atom is -0.330 e. The van der Waals surface area contributed by atoms with Crippen LogP contribution in [0.4, 0.5) is 0 Å². The summed E-state index contributed by atoms with van der Waals surface area (Å²) in [7, 11) is 0. The van der Waals surface area contributed by atoms with Crippen molar-refractivity contribution in [1.82, 2.24) is 0 Å². The van der Waals surface area contributed by atoms with Crippen molar-refractivity contribution in [3.63, 3.8) is 0 Å². The van der Waals surface area contributed by atoms with Crippen molar-refractivity contribution in [2.75, 3.05) is 26.2 Å². The summed E-state index contributed by atoms with van der Waals surface area (Å²) in [5.41, 5.74) is 21.4. The second kappa shape index (κ2) is 14.4. The summed E-state index contributed by atoms with van der Waals surface area (Å²) in [6, 6.07) is 0. The molecule has 0 spiro atoms. The van der Waals surface area contributed by atoms with Crippen molar-refractivity contribution in [2.45, 2.75) is 12.8 Å². The fourth-order valence-electron chi connectivity index (χ4n) is 1.78. The van der Waals surface area contributed by atoms with Crippen molar-refractivity contribution in [2.24, 2.45) is 46.6 Å². The zero-order valence-corrected chi connectivity index (χ0v) is 13.8. The highest BCUT2D eigenvalue weighted by atomic mass is 35.5. The minimum absolute atomic E-state index is 0. The van der Waals surface area contributed by atoms with E-state index in [1.54, 1.807) is 0 Å². The first-order chi connectivity index (χ1) is 6.76. The lowest BCUT2D eigenvalue weighted by Gasteiger charge is -1.86. The second-order valence-corrected chi connectivity index (χ2v) is 4.45. The Bertz CT molecular complexity index is 142. The lowest BCUT2D eigenvalue weighted by Crippen LogP contribution is -2.08. The van der Waals surface area contributed by atoms with Gasteiger partial charge in [-0.15, -0.1) is 49.6 Å². The van der Waals surface area contributed by atoms with Crippen LogP contribution >= 0.6 is 49.6 Å². The van der Waals surface area contributed by atoms with Gasteiger partial charge in [0.25, 0.3) is 0 Å². The Morgan fingerprint density at radius 1 is 0.500 bits per heavy atom. The van der Waals surface area contributed by atoms with Crippen molar-refractivity contribution < 1.29 is 0 Å². The van der Waals surface area contributed by atoms with E-state index < -0.39 is 0 Å². The molecule has 0 saturated heterocycles. The molecule has 0 aromatic heterocycles. The number of hydrogen-bond donors (Lipinski definition) is 4. The van der Waals surface area contributed by atoms with Crippen LogP contribution in [-0.4, -0.2) is 26.2 Å². The van der Waals surface area contributed by atoms with Gasteiger partial charge in [0.15, 0.2) is 0 Å². The molecule has 0 heterocycles. The lowest BCUT2D eigenvalue weighted by molar-refractivity contribution is 0.715. The van der Waals surface area contributed by atoms with Crippen LogP contribution < -0.4 is 22.9 Å². The van der Waals surface area contributed by atoms with Gasteiger partial charge in [-0.1, -0.05) is 0 Å². The summed E-state index contributed by atoms with van der Waals surface area (Å²) in [4.78, 5) is 0. The molecule has 2 fully saturated rings. The Morgan fingerprint density at radius 3 is 0.722 bits per heavy atom. The van der Waals surface area contributed by atoms with Crippen molar-refractivity contribution in [3.05, 3.63) is 0 Å². The van der Waals surface area contributed by atoms with E-state index in [0.717, 1.165) is 49.9 Å². The number of rotatable bonds is 4. The van der Waals surface area contributed by atoms with Crippen LogP contribution in [-0.2, 0) is 0 Å². The van der Waals surface area contributed by atoms with Gasteiger partial charge in [-0.2, -0.15) is 0 Å². The molecular formula is C10H28Cl4N4. The third-order valence-corrected chi connectivity index (χ3v) is 3.35. The van der Waals surface area contributed by atoms with Crippen molar-refractivity contribution in [1.29, 1.82) is 0 Å². The Kier molecular flexibility index (Phi) is 21.9. The summed E-state index contributed by atoms with van der Waals surface area (Å²) in [6.07, 6.45) is 2.54. The molecule has 116 valence electrons. The van der Waals surface area contributed by atoms with Crippen LogP contribution in [0.1, 0.15) is 12.8 Å². The van der Waals surface area contributed by atoms with Crippen LogP contribution in [0.15, 0.2) is 0 Å². The monoisotopic (exact) mass is 344 g/mol. The van der Waals surface area contributed by atoms with Gasteiger partial charge in [0, 0.05) is 0 Å². The topological polar surface area (TPSA) is 104 Å². The Hall–Kier alpha value is 1.000. The number of hydrogen-bond acceptors (Lipinski definition) is 4. The molecule has 2 saturated carbocycles. The standard InChI is InChI=1S/2C5H12N2.4ClH/c2*6-2-4-1-5(4)3-7;;;;/h2*4-5H,1-3,6-7H2;4*1H/t2*4-,5+;;;;. The third kappa shape index (κ3) is 9.87. The highest BCUT2D eigenvalue weighted by Gasteiger charge is 2.34. The third-order valence-electron chi connectivity index (χ3n) is 3.35. The average molecular weight is 346 g/mol. The van der Waals surface area contributed by atoms with E-state index in [2.05, 4.69) is 0 Å². The van der Waals surface area contributed by atoms with E-state index in [-0.39, 0.29) is 49.6 Å². The van der Waals surface area contributed by atoms with Gasteiger partial charge in [-0.05, 0) is 62.7 Å². The molecule has 0 aromatic rings. The van der Waals surface area contributed by atoms with Crippen LogP contribution in [0, 0.1) is 23.7 Å². The van der Waals surface area contributed by atoms with Gasteiger partial charge in [0.05, 0.1) is 0 Å². The Labute approximate surface area is 135 Å². The zero-order valence-electron chi connectivity index (χ0n) is 10.5. The molecule has 0 amide bonds. The lowest BCUT2D eigenvalue weighted by atomic mass is 10.3. The molecule has 4 atom stereocenters. The Balaban J connectivity index is -0.0000000891.